The molecule has 1 aromatic rings. The highest BCUT2D eigenvalue weighted by Gasteiger charge is 2.10. The van der Waals surface area contributed by atoms with Crippen molar-refractivity contribution in [2.75, 3.05) is 12.3 Å². The summed E-state index contributed by atoms with van der Waals surface area (Å²) in [5, 5.41) is 3.65. The Morgan fingerprint density at radius 1 is 1.18 bits per heavy atom. The molecule has 1 aliphatic carbocycles. The molecule has 0 spiro atoms. The minimum absolute atomic E-state index is 0.728. The minimum atomic E-state index is 0.728. The van der Waals surface area contributed by atoms with E-state index in [0.717, 1.165) is 30.4 Å². The van der Waals surface area contributed by atoms with Crippen molar-refractivity contribution in [1.82, 2.24) is 10.3 Å². The van der Waals surface area contributed by atoms with Crippen molar-refractivity contribution < 1.29 is 0 Å². The summed E-state index contributed by atoms with van der Waals surface area (Å²) in [6.07, 6.45) is 11.0. The fourth-order valence-corrected chi connectivity index (χ4v) is 2.47. The van der Waals surface area contributed by atoms with Crippen LogP contribution in [0.3, 0.4) is 0 Å². The van der Waals surface area contributed by atoms with Gasteiger partial charge in [-0.25, -0.2) is 0 Å². The molecule has 17 heavy (non-hydrogen) atoms. The first-order valence-corrected chi connectivity index (χ1v) is 6.78. The zero-order chi connectivity index (χ0) is 11.9. The van der Waals surface area contributed by atoms with Gasteiger partial charge in [0, 0.05) is 24.7 Å². The highest BCUT2D eigenvalue weighted by Crippen LogP contribution is 2.17. The third kappa shape index (κ3) is 4.35. The van der Waals surface area contributed by atoms with Crippen molar-refractivity contribution in [3.05, 3.63) is 24.0 Å². The maximum atomic E-state index is 5.61. The third-order valence-electron chi connectivity index (χ3n) is 3.52. The molecule has 1 saturated carbocycles. The Bertz CT molecular complexity index is 313. The zero-order valence-corrected chi connectivity index (χ0v) is 10.5. The van der Waals surface area contributed by atoms with Gasteiger partial charge in [0.25, 0.3) is 0 Å². The fraction of sp³-hybridized carbons (Fsp3) is 0.643. The van der Waals surface area contributed by atoms with Crippen molar-refractivity contribution in [3.8, 4) is 0 Å². The van der Waals surface area contributed by atoms with E-state index in [0.29, 0.717) is 0 Å². The highest BCUT2D eigenvalue weighted by molar-refractivity contribution is 5.34. The number of nitrogens with one attached hydrogen (secondary N) is 1. The monoisotopic (exact) mass is 233 g/mol. The van der Waals surface area contributed by atoms with Crippen molar-refractivity contribution in [2.45, 2.75) is 51.0 Å². The Hall–Kier alpha value is -1.09. The van der Waals surface area contributed by atoms with Crippen LogP contribution in [0.15, 0.2) is 18.3 Å². The van der Waals surface area contributed by atoms with Crippen LogP contribution in [0, 0.1) is 0 Å². The molecule has 0 atom stereocenters. The van der Waals surface area contributed by atoms with Crippen LogP contribution in [-0.2, 0) is 6.42 Å². The number of aromatic nitrogens is 1. The van der Waals surface area contributed by atoms with Gasteiger partial charge in [0.2, 0.25) is 0 Å². The van der Waals surface area contributed by atoms with E-state index >= 15 is 0 Å². The number of nitrogens with two attached hydrogens (primary N) is 1. The Morgan fingerprint density at radius 3 is 2.59 bits per heavy atom. The van der Waals surface area contributed by atoms with Crippen molar-refractivity contribution in [2.24, 2.45) is 0 Å². The molecule has 0 aliphatic heterocycles. The third-order valence-corrected chi connectivity index (χ3v) is 3.52. The topological polar surface area (TPSA) is 50.9 Å². The molecular weight excluding hydrogens is 210 g/mol. The molecule has 1 fully saturated rings. The molecule has 0 amide bonds. The van der Waals surface area contributed by atoms with Gasteiger partial charge in [0.15, 0.2) is 0 Å². The number of nitrogens with zero attached hydrogens (tertiary/aromatic N) is 1. The summed E-state index contributed by atoms with van der Waals surface area (Å²) in [4.78, 5) is 4.31. The SMILES string of the molecule is Nc1ccc(CCNC2CCCCCC2)nc1. The Morgan fingerprint density at radius 2 is 1.94 bits per heavy atom. The van der Waals surface area contributed by atoms with Crippen LogP contribution >= 0.6 is 0 Å². The fourth-order valence-electron chi connectivity index (χ4n) is 2.47. The van der Waals surface area contributed by atoms with Crippen LogP contribution in [0.1, 0.15) is 44.2 Å². The lowest BCUT2D eigenvalue weighted by Crippen LogP contribution is -2.30. The van der Waals surface area contributed by atoms with Gasteiger partial charge < -0.3 is 11.1 Å². The average Bonchev–Trinajstić information content (AvgIpc) is 2.60. The van der Waals surface area contributed by atoms with Gasteiger partial charge in [0.1, 0.15) is 0 Å². The zero-order valence-electron chi connectivity index (χ0n) is 10.5. The van der Waals surface area contributed by atoms with Crippen molar-refractivity contribution >= 4 is 5.69 Å². The van der Waals surface area contributed by atoms with E-state index in [1.165, 1.54) is 38.5 Å². The normalized spacial score (nSPS) is 17.9. The predicted octanol–water partition coefficient (Wildman–Crippen LogP) is 2.52. The Balaban J connectivity index is 1.69. The first-order valence-electron chi connectivity index (χ1n) is 6.78. The van der Waals surface area contributed by atoms with Crippen LogP contribution < -0.4 is 11.1 Å². The molecule has 2 rings (SSSR count). The van der Waals surface area contributed by atoms with Gasteiger partial charge in [0.05, 0.1) is 11.9 Å². The number of hydrogen-bond donors (Lipinski definition) is 2. The first-order chi connectivity index (χ1) is 8.34. The molecular formula is C14H23N3. The molecule has 3 N–H and O–H groups in total. The molecule has 94 valence electrons. The lowest BCUT2D eigenvalue weighted by atomic mass is 10.1. The van der Waals surface area contributed by atoms with Gasteiger partial charge in [-0.3, -0.25) is 4.98 Å². The molecule has 1 aliphatic rings. The molecule has 3 heteroatoms. The molecule has 0 radical (unpaired) electrons. The number of anilines is 1. The number of hydrogen-bond acceptors (Lipinski definition) is 3. The van der Waals surface area contributed by atoms with Gasteiger partial charge in [-0.1, -0.05) is 25.7 Å². The summed E-state index contributed by atoms with van der Waals surface area (Å²) < 4.78 is 0. The first kappa shape index (κ1) is 12.4. The predicted molar refractivity (Wildman–Crippen MR) is 71.8 cm³/mol. The largest absolute Gasteiger partial charge is 0.397 e. The van der Waals surface area contributed by atoms with Crippen LogP contribution in [0.4, 0.5) is 5.69 Å². The smallest absolute Gasteiger partial charge is 0.0501 e. The second-order valence-corrected chi connectivity index (χ2v) is 4.98. The highest BCUT2D eigenvalue weighted by atomic mass is 14.9. The standard InChI is InChI=1S/C14H23N3/c15-12-7-8-14(17-11-12)9-10-16-13-5-3-1-2-4-6-13/h7-8,11,13,16H,1-6,9-10,15H2. The lowest BCUT2D eigenvalue weighted by molar-refractivity contribution is 0.462. The van der Waals surface area contributed by atoms with Crippen molar-refractivity contribution in [3.63, 3.8) is 0 Å². The summed E-state index contributed by atoms with van der Waals surface area (Å²) in [5.41, 5.74) is 7.48. The molecule has 0 bridgehead atoms. The number of pyridine rings is 1. The average molecular weight is 233 g/mol. The quantitative estimate of drug-likeness (QED) is 0.786. The van der Waals surface area contributed by atoms with Crippen LogP contribution in [0.25, 0.3) is 0 Å². The molecule has 0 saturated heterocycles. The van der Waals surface area contributed by atoms with Crippen molar-refractivity contribution in [1.29, 1.82) is 0 Å². The van der Waals surface area contributed by atoms with Crippen LogP contribution in [0.2, 0.25) is 0 Å². The minimum Gasteiger partial charge on any atom is -0.397 e. The molecule has 3 nitrogen and oxygen atoms in total. The Labute approximate surface area is 104 Å². The van der Waals surface area contributed by atoms with Gasteiger partial charge in [-0.15, -0.1) is 0 Å². The van der Waals surface area contributed by atoms with Crippen LogP contribution in [-0.4, -0.2) is 17.6 Å². The summed E-state index contributed by atoms with van der Waals surface area (Å²) >= 11 is 0. The summed E-state index contributed by atoms with van der Waals surface area (Å²) in [6.45, 7) is 1.03. The summed E-state index contributed by atoms with van der Waals surface area (Å²) in [6, 6.07) is 4.67. The molecule has 1 heterocycles. The van der Waals surface area contributed by atoms with E-state index in [1.807, 2.05) is 12.1 Å². The lowest BCUT2D eigenvalue weighted by Gasteiger charge is -2.15. The van der Waals surface area contributed by atoms with E-state index in [-0.39, 0.29) is 0 Å². The molecule has 0 unspecified atom stereocenters. The van der Waals surface area contributed by atoms with E-state index in [9.17, 15) is 0 Å². The van der Waals surface area contributed by atoms with Crippen LogP contribution in [0.5, 0.6) is 0 Å². The second kappa shape index (κ2) is 6.60. The van der Waals surface area contributed by atoms with Gasteiger partial charge in [-0.05, 0) is 25.0 Å². The van der Waals surface area contributed by atoms with E-state index < -0.39 is 0 Å². The van der Waals surface area contributed by atoms with Gasteiger partial charge in [-0.2, -0.15) is 0 Å². The number of rotatable bonds is 4. The summed E-state index contributed by atoms with van der Waals surface area (Å²) in [5.74, 6) is 0. The number of nitrogen functional groups attached to an aromatic ring is 1. The molecule has 1 aromatic heterocycles. The van der Waals surface area contributed by atoms with E-state index in [1.54, 1.807) is 6.20 Å². The Kier molecular flexibility index (Phi) is 4.80. The van der Waals surface area contributed by atoms with Gasteiger partial charge >= 0.3 is 0 Å². The van der Waals surface area contributed by atoms with E-state index in [2.05, 4.69) is 10.3 Å². The second-order valence-electron chi connectivity index (χ2n) is 4.98. The van der Waals surface area contributed by atoms with E-state index in [4.69, 9.17) is 5.73 Å². The maximum absolute atomic E-state index is 5.61. The maximum Gasteiger partial charge on any atom is 0.0501 e. The summed E-state index contributed by atoms with van der Waals surface area (Å²) in [7, 11) is 0. The molecule has 0 aromatic carbocycles.